The monoisotopic (exact) mass is 444 g/mol. The lowest BCUT2D eigenvalue weighted by Gasteiger charge is -2.22. The molecule has 2 heterocycles. The van der Waals surface area contributed by atoms with E-state index in [0.717, 1.165) is 0 Å². The fourth-order valence-electron chi connectivity index (χ4n) is 2.87. The summed E-state index contributed by atoms with van der Waals surface area (Å²) in [6, 6.07) is 5.19. The Kier molecular flexibility index (Phi) is 6.49. The summed E-state index contributed by atoms with van der Waals surface area (Å²) >= 11 is 17.8. The van der Waals surface area contributed by atoms with Crippen molar-refractivity contribution in [3.05, 3.63) is 51.4 Å². The molecule has 1 N–H and O–H groups in total. The lowest BCUT2D eigenvalue weighted by atomic mass is 10.2. The maximum Gasteiger partial charge on any atom is 0.329 e. The van der Waals surface area contributed by atoms with E-state index in [4.69, 9.17) is 44.0 Å². The van der Waals surface area contributed by atoms with Crippen LogP contribution in [0, 0.1) is 0 Å². The van der Waals surface area contributed by atoms with Gasteiger partial charge in [0, 0.05) is 11.6 Å². The topological polar surface area (TPSA) is 88.9 Å². The van der Waals surface area contributed by atoms with Crippen molar-refractivity contribution in [3.8, 4) is 0 Å². The Labute approximate surface area is 175 Å². The number of carbonyl (C=O) groups is 3. The van der Waals surface area contributed by atoms with Crippen LogP contribution in [0.3, 0.4) is 0 Å². The molecular formula is C18H15Cl3N2O5. The molecule has 7 nitrogen and oxygen atoms in total. The highest BCUT2D eigenvalue weighted by molar-refractivity contribution is 6.42. The van der Waals surface area contributed by atoms with E-state index >= 15 is 0 Å². The smallest absolute Gasteiger partial charge is 0.329 e. The molecular weight excluding hydrogens is 431 g/mol. The molecule has 2 amide bonds. The number of hydrogen-bond acceptors (Lipinski definition) is 5. The van der Waals surface area contributed by atoms with Gasteiger partial charge in [0.25, 0.3) is 11.8 Å². The highest BCUT2D eigenvalue weighted by Gasteiger charge is 2.36. The molecule has 0 spiro atoms. The van der Waals surface area contributed by atoms with E-state index < -0.39 is 30.4 Å². The first kappa shape index (κ1) is 20.5. The molecule has 1 atom stereocenters. The van der Waals surface area contributed by atoms with Gasteiger partial charge >= 0.3 is 5.97 Å². The number of benzene rings is 1. The first-order valence-electron chi connectivity index (χ1n) is 8.32. The van der Waals surface area contributed by atoms with Crippen molar-refractivity contribution in [2.75, 3.05) is 18.5 Å². The average molecular weight is 446 g/mol. The Balaban J connectivity index is 1.57. The molecule has 2 aromatic rings. The summed E-state index contributed by atoms with van der Waals surface area (Å²) in [5, 5.41) is 3.11. The zero-order valence-electron chi connectivity index (χ0n) is 14.4. The van der Waals surface area contributed by atoms with Gasteiger partial charge in [-0.3, -0.25) is 9.59 Å². The van der Waals surface area contributed by atoms with E-state index in [1.807, 2.05) is 0 Å². The van der Waals surface area contributed by atoms with Crippen molar-refractivity contribution < 1.29 is 23.5 Å². The molecule has 0 bridgehead atoms. The lowest BCUT2D eigenvalue weighted by Crippen LogP contribution is -2.42. The second kappa shape index (κ2) is 8.86. The lowest BCUT2D eigenvalue weighted by molar-refractivity contribution is -0.151. The van der Waals surface area contributed by atoms with Crippen LogP contribution in [0.2, 0.25) is 15.1 Å². The predicted molar refractivity (Wildman–Crippen MR) is 104 cm³/mol. The van der Waals surface area contributed by atoms with E-state index in [-0.39, 0.29) is 21.5 Å². The van der Waals surface area contributed by atoms with Crippen molar-refractivity contribution in [2.24, 2.45) is 0 Å². The highest BCUT2D eigenvalue weighted by Crippen LogP contribution is 2.33. The van der Waals surface area contributed by atoms with Crippen LogP contribution in [0.1, 0.15) is 23.4 Å². The van der Waals surface area contributed by atoms with Crippen LogP contribution in [0.4, 0.5) is 5.69 Å². The summed E-state index contributed by atoms with van der Waals surface area (Å²) in [5.74, 6) is -1.54. The summed E-state index contributed by atoms with van der Waals surface area (Å²) in [4.78, 5) is 38.2. The van der Waals surface area contributed by atoms with Crippen LogP contribution in [0.25, 0.3) is 0 Å². The van der Waals surface area contributed by atoms with Gasteiger partial charge in [0.05, 0.1) is 22.0 Å². The third kappa shape index (κ3) is 4.60. The molecule has 28 heavy (non-hydrogen) atoms. The number of nitrogens with zero attached hydrogens (tertiary/aromatic N) is 1. The number of anilines is 1. The van der Waals surface area contributed by atoms with E-state index in [1.165, 1.54) is 29.4 Å². The molecule has 0 unspecified atom stereocenters. The maximum absolute atomic E-state index is 12.4. The van der Waals surface area contributed by atoms with Crippen molar-refractivity contribution in [3.63, 3.8) is 0 Å². The number of esters is 1. The van der Waals surface area contributed by atoms with Crippen LogP contribution in [0.5, 0.6) is 0 Å². The third-order valence-corrected chi connectivity index (χ3v) is 4.95. The zero-order valence-corrected chi connectivity index (χ0v) is 16.7. The van der Waals surface area contributed by atoms with Gasteiger partial charge in [-0.25, -0.2) is 4.79 Å². The summed E-state index contributed by atoms with van der Waals surface area (Å²) < 4.78 is 10.2. The summed E-state index contributed by atoms with van der Waals surface area (Å²) in [5.41, 5.74) is 0.171. The van der Waals surface area contributed by atoms with Crippen LogP contribution in [-0.2, 0) is 14.3 Å². The molecule has 1 saturated heterocycles. The first-order chi connectivity index (χ1) is 13.4. The Morgan fingerprint density at radius 3 is 2.57 bits per heavy atom. The fraction of sp³-hybridized carbons (Fsp3) is 0.278. The quantitative estimate of drug-likeness (QED) is 0.702. The largest absolute Gasteiger partial charge is 0.459 e. The number of halogens is 3. The first-order valence-corrected chi connectivity index (χ1v) is 9.45. The molecule has 0 saturated carbocycles. The van der Waals surface area contributed by atoms with Gasteiger partial charge in [-0.15, -0.1) is 0 Å². The average Bonchev–Trinajstić information content (AvgIpc) is 3.33. The Morgan fingerprint density at radius 2 is 1.93 bits per heavy atom. The van der Waals surface area contributed by atoms with Crippen LogP contribution < -0.4 is 5.32 Å². The molecule has 1 aromatic heterocycles. The number of likely N-dealkylation sites (tertiary alicyclic amines) is 1. The van der Waals surface area contributed by atoms with Gasteiger partial charge in [-0.1, -0.05) is 34.8 Å². The molecule has 148 valence electrons. The number of nitrogens with one attached hydrogen (secondary N) is 1. The Hall–Kier alpha value is -2.22. The molecule has 1 fully saturated rings. The number of ether oxygens (including phenoxy) is 1. The maximum atomic E-state index is 12.4. The van der Waals surface area contributed by atoms with Crippen molar-refractivity contribution in [2.45, 2.75) is 18.9 Å². The number of furan rings is 1. The van der Waals surface area contributed by atoms with Gasteiger partial charge in [0.1, 0.15) is 6.04 Å². The molecule has 10 heteroatoms. The summed E-state index contributed by atoms with van der Waals surface area (Å²) in [6.07, 6.45) is 2.48. The summed E-state index contributed by atoms with van der Waals surface area (Å²) in [7, 11) is 0. The van der Waals surface area contributed by atoms with Crippen LogP contribution >= 0.6 is 34.8 Å². The van der Waals surface area contributed by atoms with Crippen molar-refractivity contribution in [1.82, 2.24) is 4.90 Å². The second-order valence-electron chi connectivity index (χ2n) is 6.03. The number of carbonyl (C=O) groups excluding carboxylic acids is 3. The van der Waals surface area contributed by atoms with Crippen LogP contribution in [0.15, 0.2) is 34.9 Å². The van der Waals surface area contributed by atoms with E-state index in [9.17, 15) is 14.4 Å². The van der Waals surface area contributed by atoms with E-state index in [1.54, 1.807) is 6.07 Å². The second-order valence-corrected chi connectivity index (χ2v) is 7.29. The minimum atomic E-state index is -0.770. The minimum Gasteiger partial charge on any atom is -0.459 e. The molecule has 3 rings (SSSR count). The number of rotatable bonds is 5. The zero-order chi connectivity index (χ0) is 20.3. The third-order valence-electron chi connectivity index (χ3n) is 4.13. The normalized spacial score (nSPS) is 16.1. The molecule has 1 aliphatic rings. The fourth-order valence-corrected chi connectivity index (χ4v) is 3.78. The van der Waals surface area contributed by atoms with E-state index in [2.05, 4.69) is 5.32 Å². The number of amides is 2. The highest BCUT2D eigenvalue weighted by atomic mass is 35.5. The van der Waals surface area contributed by atoms with Crippen LogP contribution in [-0.4, -0.2) is 41.9 Å². The molecule has 1 aliphatic heterocycles. The van der Waals surface area contributed by atoms with Gasteiger partial charge in [0.15, 0.2) is 12.4 Å². The molecule has 0 aliphatic carbocycles. The van der Waals surface area contributed by atoms with Gasteiger partial charge < -0.3 is 19.4 Å². The van der Waals surface area contributed by atoms with Crippen molar-refractivity contribution >= 4 is 58.3 Å². The minimum absolute atomic E-state index is 0.143. The Bertz CT molecular complexity index is 878. The summed E-state index contributed by atoms with van der Waals surface area (Å²) in [6.45, 7) is -0.144. The predicted octanol–water partition coefficient (Wildman–Crippen LogP) is 4.03. The molecule has 1 aromatic carbocycles. The van der Waals surface area contributed by atoms with Gasteiger partial charge in [-0.2, -0.15) is 0 Å². The van der Waals surface area contributed by atoms with Gasteiger partial charge in [0.2, 0.25) is 0 Å². The SMILES string of the molecule is O=C(COC(=O)[C@@H]1CCCN1C(=O)c1ccco1)Nc1c(Cl)cc(Cl)cc1Cl. The molecule has 0 radical (unpaired) electrons. The standard InChI is InChI=1S/C18H15Cl3N2O5/c19-10-7-11(20)16(12(21)8-10)22-15(24)9-28-18(26)13-3-1-5-23(13)17(25)14-4-2-6-27-14/h2,4,6-8,13H,1,3,5,9H2,(H,22,24)/t13-/m0/s1. The van der Waals surface area contributed by atoms with E-state index in [0.29, 0.717) is 24.4 Å². The number of hydrogen-bond donors (Lipinski definition) is 1. The Morgan fingerprint density at radius 1 is 1.21 bits per heavy atom. The van der Waals surface area contributed by atoms with Gasteiger partial charge in [-0.05, 0) is 37.1 Å². The van der Waals surface area contributed by atoms with Crippen molar-refractivity contribution in [1.29, 1.82) is 0 Å².